The van der Waals surface area contributed by atoms with Crippen LogP contribution in [0.15, 0.2) is 18.2 Å². The Hall–Kier alpha value is -1.35. The zero-order valence-electron chi connectivity index (χ0n) is 13.2. The number of nitrogens with one attached hydrogen (secondary N) is 1. The molecule has 2 atom stereocenters. The minimum atomic E-state index is 0.190. The highest BCUT2D eigenvalue weighted by atomic mass is 16.2. The van der Waals surface area contributed by atoms with E-state index in [1.807, 2.05) is 0 Å². The number of aryl methyl sites for hydroxylation is 1. The van der Waals surface area contributed by atoms with Crippen molar-refractivity contribution in [3.8, 4) is 0 Å². The third-order valence-corrected chi connectivity index (χ3v) is 5.20. The molecular weight excluding hydrogens is 260 g/mol. The van der Waals surface area contributed by atoms with Crippen molar-refractivity contribution in [2.75, 3.05) is 19.6 Å². The summed E-state index contributed by atoms with van der Waals surface area (Å²) in [5, 5.41) is 3.32. The molecule has 1 aromatic rings. The van der Waals surface area contributed by atoms with Gasteiger partial charge in [-0.05, 0) is 62.8 Å². The highest BCUT2D eigenvalue weighted by molar-refractivity contribution is 5.80. The number of hydrogen-bond acceptors (Lipinski definition) is 2. The topological polar surface area (TPSA) is 32.3 Å². The third kappa shape index (κ3) is 2.84. The summed E-state index contributed by atoms with van der Waals surface area (Å²) in [5.41, 5.74) is 4.04. The lowest BCUT2D eigenvalue weighted by atomic mass is 9.89. The molecule has 1 aromatic carbocycles. The average Bonchev–Trinajstić information content (AvgIpc) is 3.04. The fourth-order valence-electron chi connectivity index (χ4n) is 3.75. The van der Waals surface area contributed by atoms with E-state index in [9.17, 15) is 4.79 Å². The van der Waals surface area contributed by atoms with E-state index in [-0.39, 0.29) is 12.0 Å². The first-order chi connectivity index (χ1) is 10.2. The van der Waals surface area contributed by atoms with Gasteiger partial charge in [0.25, 0.3) is 0 Å². The molecule has 2 aliphatic rings. The predicted octanol–water partition coefficient (Wildman–Crippen LogP) is 2.97. The zero-order chi connectivity index (χ0) is 14.8. The Morgan fingerprint density at radius 1 is 1.24 bits per heavy atom. The first-order valence-corrected chi connectivity index (χ1v) is 8.26. The largest absolute Gasteiger partial charge is 0.335 e. The number of likely N-dealkylation sites (tertiary alicyclic amines) is 1. The normalized spacial score (nSPS) is 26.1. The van der Waals surface area contributed by atoms with Gasteiger partial charge in [0.15, 0.2) is 0 Å². The van der Waals surface area contributed by atoms with Crippen LogP contribution >= 0.6 is 0 Å². The standard InChI is InChI=1S/C18H26N2O/c1-13-6-5-7-16(14(13)2)17-8-3-4-11-20(17)18(21)15-9-10-19-12-15/h5-7,15,17,19H,3-4,8-12H2,1-2H3. The molecule has 3 nitrogen and oxygen atoms in total. The fourth-order valence-corrected chi connectivity index (χ4v) is 3.75. The van der Waals surface area contributed by atoms with Gasteiger partial charge in [-0.3, -0.25) is 4.79 Å². The molecule has 0 aromatic heterocycles. The van der Waals surface area contributed by atoms with Gasteiger partial charge < -0.3 is 10.2 Å². The quantitative estimate of drug-likeness (QED) is 0.906. The van der Waals surface area contributed by atoms with Gasteiger partial charge in [0.05, 0.1) is 12.0 Å². The molecule has 3 heteroatoms. The van der Waals surface area contributed by atoms with Crippen molar-refractivity contribution in [1.82, 2.24) is 10.2 Å². The molecule has 21 heavy (non-hydrogen) atoms. The van der Waals surface area contributed by atoms with Crippen LogP contribution in [0.3, 0.4) is 0 Å². The predicted molar refractivity (Wildman–Crippen MR) is 85.2 cm³/mol. The van der Waals surface area contributed by atoms with Gasteiger partial charge in [0.1, 0.15) is 0 Å². The molecule has 1 amide bonds. The minimum absolute atomic E-state index is 0.190. The van der Waals surface area contributed by atoms with Gasteiger partial charge >= 0.3 is 0 Å². The maximum absolute atomic E-state index is 12.9. The summed E-state index contributed by atoms with van der Waals surface area (Å²) in [5.74, 6) is 0.557. The van der Waals surface area contributed by atoms with E-state index in [0.717, 1.165) is 38.9 Å². The van der Waals surface area contributed by atoms with Crippen LogP contribution < -0.4 is 5.32 Å². The molecule has 0 aliphatic carbocycles. The van der Waals surface area contributed by atoms with Crippen LogP contribution in [0.4, 0.5) is 0 Å². The Morgan fingerprint density at radius 2 is 2.10 bits per heavy atom. The second-order valence-corrected chi connectivity index (χ2v) is 6.52. The second-order valence-electron chi connectivity index (χ2n) is 6.52. The summed E-state index contributed by atoms with van der Waals surface area (Å²) in [4.78, 5) is 15.0. The highest BCUT2D eigenvalue weighted by Gasteiger charge is 2.34. The van der Waals surface area contributed by atoms with E-state index in [0.29, 0.717) is 5.91 Å². The van der Waals surface area contributed by atoms with Gasteiger partial charge in [-0.2, -0.15) is 0 Å². The summed E-state index contributed by atoms with van der Waals surface area (Å²) < 4.78 is 0. The number of carbonyl (C=O) groups excluding carboxylic acids is 1. The van der Waals surface area contributed by atoms with Gasteiger partial charge in [-0.15, -0.1) is 0 Å². The molecule has 2 heterocycles. The average molecular weight is 286 g/mol. The van der Waals surface area contributed by atoms with Crippen LogP contribution in [-0.2, 0) is 4.79 Å². The molecule has 0 bridgehead atoms. The number of piperidine rings is 1. The van der Waals surface area contributed by atoms with Crippen molar-refractivity contribution in [2.45, 2.75) is 45.6 Å². The Labute approximate surface area is 127 Å². The highest BCUT2D eigenvalue weighted by Crippen LogP contribution is 2.35. The monoisotopic (exact) mass is 286 g/mol. The molecule has 2 fully saturated rings. The molecule has 114 valence electrons. The number of benzene rings is 1. The Balaban J connectivity index is 1.87. The number of nitrogens with zero attached hydrogens (tertiary/aromatic N) is 1. The molecule has 0 saturated carbocycles. The van der Waals surface area contributed by atoms with Crippen molar-refractivity contribution < 1.29 is 4.79 Å². The lowest BCUT2D eigenvalue weighted by molar-refractivity contribution is -0.138. The molecule has 0 spiro atoms. The van der Waals surface area contributed by atoms with Gasteiger partial charge in [0, 0.05) is 13.1 Å². The first kappa shape index (κ1) is 14.6. The third-order valence-electron chi connectivity index (χ3n) is 5.20. The van der Waals surface area contributed by atoms with Crippen LogP contribution in [0, 0.1) is 19.8 Å². The van der Waals surface area contributed by atoms with E-state index in [4.69, 9.17) is 0 Å². The smallest absolute Gasteiger partial charge is 0.227 e. The summed E-state index contributed by atoms with van der Waals surface area (Å²) in [6.45, 7) is 7.12. The summed E-state index contributed by atoms with van der Waals surface area (Å²) in [7, 11) is 0. The molecular formula is C18H26N2O. The van der Waals surface area contributed by atoms with Crippen LogP contribution in [0.1, 0.15) is 48.4 Å². The maximum Gasteiger partial charge on any atom is 0.227 e. The van der Waals surface area contributed by atoms with E-state index in [2.05, 4.69) is 42.3 Å². The van der Waals surface area contributed by atoms with Crippen LogP contribution in [0.5, 0.6) is 0 Å². The Bertz CT molecular complexity index is 520. The number of carbonyl (C=O) groups is 1. The maximum atomic E-state index is 12.9. The van der Waals surface area contributed by atoms with Gasteiger partial charge in [-0.25, -0.2) is 0 Å². The fraction of sp³-hybridized carbons (Fsp3) is 0.611. The lowest BCUT2D eigenvalue weighted by Gasteiger charge is -2.38. The second kappa shape index (κ2) is 6.18. The van der Waals surface area contributed by atoms with Crippen LogP contribution in [0.25, 0.3) is 0 Å². The molecule has 3 rings (SSSR count). The van der Waals surface area contributed by atoms with E-state index in [1.165, 1.54) is 23.1 Å². The van der Waals surface area contributed by atoms with Crippen molar-refractivity contribution in [2.24, 2.45) is 5.92 Å². The van der Waals surface area contributed by atoms with Crippen molar-refractivity contribution in [3.63, 3.8) is 0 Å². The molecule has 2 unspecified atom stereocenters. The number of rotatable bonds is 2. The summed E-state index contributed by atoms with van der Waals surface area (Å²) >= 11 is 0. The molecule has 1 N–H and O–H groups in total. The van der Waals surface area contributed by atoms with E-state index >= 15 is 0 Å². The van der Waals surface area contributed by atoms with E-state index in [1.54, 1.807) is 0 Å². The summed E-state index contributed by atoms with van der Waals surface area (Å²) in [6.07, 6.45) is 4.48. The Morgan fingerprint density at radius 3 is 2.86 bits per heavy atom. The number of amides is 1. The SMILES string of the molecule is Cc1cccc(C2CCCCN2C(=O)C2CCNC2)c1C. The molecule has 2 aliphatic heterocycles. The van der Waals surface area contributed by atoms with Crippen LogP contribution in [0.2, 0.25) is 0 Å². The van der Waals surface area contributed by atoms with Crippen molar-refractivity contribution in [3.05, 3.63) is 34.9 Å². The number of hydrogen-bond donors (Lipinski definition) is 1. The van der Waals surface area contributed by atoms with Gasteiger partial charge in [-0.1, -0.05) is 18.2 Å². The van der Waals surface area contributed by atoms with E-state index < -0.39 is 0 Å². The first-order valence-electron chi connectivity index (χ1n) is 8.26. The minimum Gasteiger partial charge on any atom is -0.335 e. The van der Waals surface area contributed by atoms with Crippen LogP contribution in [-0.4, -0.2) is 30.4 Å². The Kier molecular flexibility index (Phi) is 4.29. The molecule has 2 saturated heterocycles. The lowest BCUT2D eigenvalue weighted by Crippen LogP contribution is -2.42. The zero-order valence-corrected chi connectivity index (χ0v) is 13.2. The molecule has 0 radical (unpaired) electrons. The summed E-state index contributed by atoms with van der Waals surface area (Å²) in [6, 6.07) is 6.79. The van der Waals surface area contributed by atoms with Crippen molar-refractivity contribution >= 4 is 5.91 Å². The van der Waals surface area contributed by atoms with Crippen molar-refractivity contribution in [1.29, 1.82) is 0 Å². The van der Waals surface area contributed by atoms with Gasteiger partial charge in [0.2, 0.25) is 5.91 Å².